The van der Waals surface area contributed by atoms with Gasteiger partial charge in [-0.25, -0.2) is 4.98 Å². The smallest absolute Gasteiger partial charge is 0.143 e. The minimum absolute atomic E-state index is 0.138. The zero-order chi connectivity index (χ0) is 14.7. The van der Waals surface area contributed by atoms with Crippen LogP contribution in [-0.2, 0) is 17.6 Å². The Hall–Kier alpha value is -1.66. The molecule has 2 heterocycles. The highest BCUT2D eigenvalue weighted by Gasteiger charge is 2.27. The van der Waals surface area contributed by atoms with Crippen molar-refractivity contribution in [2.45, 2.75) is 32.1 Å². The van der Waals surface area contributed by atoms with Crippen molar-refractivity contribution in [3.63, 3.8) is 0 Å². The number of carbonyl (C=O) groups is 1. The molecular formula is C15H18N4OS. The lowest BCUT2D eigenvalue weighted by Gasteiger charge is -2.19. The Bertz CT molecular complexity index is 626. The second-order valence-electron chi connectivity index (χ2n) is 5.28. The lowest BCUT2D eigenvalue weighted by molar-refractivity contribution is -0.123. The normalized spacial score (nSPS) is 17.5. The van der Waals surface area contributed by atoms with E-state index in [0.29, 0.717) is 18.7 Å². The molecule has 0 spiro atoms. The fraction of sp³-hybridized carbons (Fsp3) is 0.467. The molecule has 110 valence electrons. The van der Waals surface area contributed by atoms with Crippen molar-refractivity contribution in [1.29, 1.82) is 0 Å². The molecule has 0 radical (unpaired) electrons. The molecule has 5 nitrogen and oxygen atoms in total. The summed E-state index contributed by atoms with van der Waals surface area (Å²) in [4.78, 5) is 26.4. The van der Waals surface area contributed by atoms with Gasteiger partial charge < -0.3 is 5.73 Å². The molecule has 2 aromatic heterocycles. The number of carbonyl (C=O) groups excluding carboxylic acids is 1. The van der Waals surface area contributed by atoms with E-state index in [0.717, 1.165) is 42.1 Å². The maximum absolute atomic E-state index is 12.1. The van der Waals surface area contributed by atoms with Gasteiger partial charge in [0.05, 0.1) is 11.9 Å². The van der Waals surface area contributed by atoms with Gasteiger partial charge in [0.25, 0.3) is 0 Å². The van der Waals surface area contributed by atoms with Gasteiger partial charge in [0, 0.05) is 29.6 Å². The molecule has 1 aliphatic carbocycles. The van der Waals surface area contributed by atoms with Crippen LogP contribution in [0.2, 0.25) is 0 Å². The molecule has 0 saturated carbocycles. The van der Waals surface area contributed by atoms with Gasteiger partial charge in [-0.05, 0) is 32.2 Å². The van der Waals surface area contributed by atoms with Crippen LogP contribution in [0, 0.1) is 5.92 Å². The summed E-state index contributed by atoms with van der Waals surface area (Å²) < 4.78 is 0. The summed E-state index contributed by atoms with van der Waals surface area (Å²) >= 11 is 1.64. The number of hydrogen-bond donors (Lipinski definition) is 1. The number of nitrogens with zero attached hydrogens (tertiary/aromatic N) is 3. The number of aryl methyl sites for hydroxylation is 1. The van der Waals surface area contributed by atoms with E-state index >= 15 is 0 Å². The first-order chi connectivity index (χ1) is 10.3. The SMILES string of the molecule is NCCCC(=O)C1CCc2nc(-c3cnccn3)sc2C1. The quantitative estimate of drug-likeness (QED) is 0.913. The highest BCUT2D eigenvalue weighted by atomic mass is 32.1. The van der Waals surface area contributed by atoms with E-state index in [1.54, 1.807) is 29.9 Å². The topological polar surface area (TPSA) is 81.8 Å². The summed E-state index contributed by atoms with van der Waals surface area (Å²) in [5.41, 5.74) is 7.41. The molecule has 0 fully saturated rings. The van der Waals surface area contributed by atoms with Crippen molar-refractivity contribution in [3.05, 3.63) is 29.2 Å². The Morgan fingerprint density at radius 1 is 1.43 bits per heavy atom. The summed E-state index contributed by atoms with van der Waals surface area (Å²) in [6.07, 6.45) is 9.05. The second kappa shape index (κ2) is 6.41. The fourth-order valence-corrected chi connectivity index (χ4v) is 3.80. The number of aromatic nitrogens is 3. The first-order valence-electron chi connectivity index (χ1n) is 7.25. The molecule has 1 unspecified atom stereocenters. The average Bonchev–Trinajstić information content (AvgIpc) is 2.96. The standard InChI is InChI=1S/C15H18N4OS/c16-5-1-2-13(20)10-3-4-11-14(8-10)21-15(19-11)12-9-17-6-7-18-12/h6-7,9-10H,1-5,8,16H2. The van der Waals surface area contributed by atoms with Crippen LogP contribution in [0.1, 0.15) is 29.8 Å². The van der Waals surface area contributed by atoms with E-state index in [-0.39, 0.29) is 5.92 Å². The summed E-state index contributed by atoms with van der Waals surface area (Å²) in [5.74, 6) is 0.486. The average molecular weight is 302 g/mol. The molecule has 0 aliphatic heterocycles. The van der Waals surface area contributed by atoms with E-state index in [1.807, 2.05) is 0 Å². The summed E-state index contributed by atoms with van der Waals surface area (Å²) in [5, 5.41) is 0.906. The minimum atomic E-state index is 0.138. The maximum atomic E-state index is 12.1. The molecule has 2 aromatic rings. The molecule has 0 aromatic carbocycles. The van der Waals surface area contributed by atoms with Crippen LogP contribution < -0.4 is 5.73 Å². The van der Waals surface area contributed by atoms with Crippen molar-refractivity contribution < 1.29 is 4.79 Å². The summed E-state index contributed by atoms with van der Waals surface area (Å²) in [6.45, 7) is 0.584. The molecule has 21 heavy (non-hydrogen) atoms. The molecule has 1 atom stereocenters. The van der Waals surface area contributed by atoms with Crippen molar-refractivity contribution in [3.8, 4) is 10.7 Å². The number of ketones is 1. The van der Waals surface area contributed by atoms with Crippen LogP contribution in [0.5, 0.6) is 0 Å². The molecule has 6 heteroatoms. The van der Waals surface area contributed by atoms with Crippen molar-refractivity contribution in [1.82, 2.24) is 15.0 Å². The number of thiazole rings is 1. The molecule has 1 aliphatic rings. The van der Waals surface area contributed by atoms with Gasteiger partial charge in [0.2, 0.25) is 0 Å². The van der Waals surface area contributed by atoms with E-state index in [9.17, 15) is 4.79 Å². The first kappa shape index (κ1) is 14.3. The van der Waals surface area contributed by atoms with Crippen LogP contribution in [-0.4, -0.2) is 27.3 Å². The summed E-state index contributed by atoms with van der Waals surface area (Å²) in [6, 6.07) is 0. The Morgan fingerprint density at radius 2 is 2.33 bits per heavy atom. The maximum Gasteiger partial charge on any atom is 0.143 e. The Kier molecular flexibility index (Phi) is 4.36. The fourth-order valence-electron chi connectivity index (χ4n) is 2.65. The van der Waals surface area contributed by atoms with Crippen LogP contribution in [0.4, 0.5) is 0 Å². The van der Waals surface area contributed by atoms with Crippen LogP contribution in [0.15, 0.2) is 18.6 Å². The minimum Gasteiger partial charge on any atom is -0.330 e. The highest BCUT2D eigenvalue weighted by Crippen LogP contribution is 2.34. The van der Waals surface area contributed by atoms with E-state index < -0.39 is 0 Å². The second-order valence-corrected chi connectivity index (χ2v) is 6.36. The van der Waals surface area contributed by atoms with Gasteiger partial charge in [-0.1, -0.05) is 0 Å². The number of nitrogens with two attached hydrogens (primary N) is 1. The van der Waals surface area contributed by atoms with Crippen LogP contribution in [0.25, 0.3) is 10.7 Å². The third-order valence-electron chi connectivity index (χ3n) is 3.80. The Morgan fingerprint density at radius 3 is 3.10 bits per heavy atom. The van der Waals surface area contributed by atoms with Gasteiger partial charge in [0.15, 0.2) is 0 Å². The highest BCUT2D eigenvalue weighted by molar-refractivity contribution is 7.15. The number of rotatable bonds is 5. The van der Waals surface area contributed by atoms with Crippen molar-refractivity contribution in [2.75, 3.05) is 6.54 Å². The van der Waals surface area contributed by atoms with Crippen LogP contribution in [0.3, 0.4) is 0 Å². The largest absolute Gasteiger partial charge is 0.330 e. The van der Waals surface area contributed by atoms with Crippen molar-refractivity contribution >= 4 is 17.1 Å². The van der Waals surface area contributed by atoms with E-state index in [1.165, 1.54) is 4.88 Å². The van der Waals surface area contributed by atoms with Crippen molar-refractivity contribution in [2.24, 2.45) is 11.7 Å². The lowest BCUT2D eigenvalue weighted by atomic mass is 9.86. The van der Waals surface area contributed by atoms with Crippen LogP contribution >= 0.6 is 11.3 Å². The van der Waals surface area contributed by atoms with Gasteiger partial charge in [-0.15, -0.1) is 11.3 Å². The molecule has 3 rings (SSSR count). The Labute approximate surface area is 127 Å². The third-order valence-corrected chi connectivity index (χ3v) is 4.95. The molecule has 0 bridgehead atoms. The first-order valence-corrected chi connectivity index (χ1v) is 8.07. The van der Waals surface area contributed by atoms with E-state index in [4.69, 9.17) is 5.73 Å². The lowest BCUT2D eigenvalue weighted by Crippen LogP contribution is -2.22. The zero-order valence-electron chi connectivity index (χ0n) is 11.8. The predicted octanol–water partition coefficient (Wildman–Crippen LogP) is 2.01. The summed E-state index contributed by atoms with van der Waals surface area (Å²) in [7, 11) is 0. The number of Topliss-reactive ketones (excluding diaryl/α,β-unsaturated/α-hetero) is 1. The number of fused-ring (bicyclic) bond motifs is 1. The molecule has 0 saturated heterocycles. The third kappa shape index (κ3) is 3.16. The number of hydrogen-bond acceptors (Lipinski definition) is 6. The molecular weight excluding hydrogens is 284 g/mol. The van der Waals surface area contributed by atoms with E-state index in [2.05, 4.69) is 15.0 Å². The zero-order valence-corrected chi connectivity index (χ0v) is 12.6. The van der Waals surface area contributed by atoms with Gasteiger partial charge in [0.1, 0.15) is 16.5 Å². The molecule has 2 N–H and O–H groups in total. The van der Waals surface area contributed by atoms with Gasteiger partial charge >= 0.3 is 0 Å². The van der Waals surface area contributed by atoms with Gasteiger partial charge in [-0.2, -0.15) is 0 Å². The van der Waals surface area contributed by atoms with Gasteiger partial charge in [-0.3, -0.25) is 14.8 Å². The Balaban J connectivity index is 1.75. The molecule has 0 amide bonds. The monoisotopic (exact) mass is 302 g/mol. The predicted molar refractivity (Wildman–Crippen MR) is 82.0 cm³/mol.